The smallest absolute Gasteiger partial charge is 0.135 e. The van der Waals surface area contributed by atoms with Crippen LogP contribution in [0, 0.1) is 0 Å². The summed E-state index contributed by atoms with van der Waals surface area (Å²) in [6.45, 7) is 0. The Morgan fingerprint density at radius 2 is 2.00 bits per heavy atom. The number of nitrogens with zero attached hydrogens (tertiary/aromatic N) is 1. The first-order valence-electron chi connectivity index (χ1n) is 5.01. The molecule has 0 aliphatic carbocycles. The highest BCUT2D eigenvalue weighted by Crippen LogP contribution is 2.29. The van der Waals surface area contributed by atoms with Crippen molar-refractivity contribution >= 4 is 33.1 Å². The molecule has 2 aromatic rings. The Morgan fingerprint density at radius 3 is 2.71 bits per heavy atom. The van der Waals surface area contributed by atoms with E-state index in [4.69, 9.17) is 10.5 Å². The van der Waals surface area contributed by atoms with Crippen LogP contribution in [0.2, 0.25) is 0 Å². The summed E-state index contributed by atoms with van der Waals surface area (Å²) in [7, 11) is 1.63. The van der Waals surface area contributed by atoms with Crippen LogP contribution in [0.15, 0.2) is 41.0 Å². The lowest BCUT2D eigenvalue weighted by Gasteiger charge is -2.09. The lowest BCUT2D eigenvalue weighted by atomic mass is 10.3. The molecule has 0 aliphatic rings. The second-order valence-electron chi connectivity index (χ2n) is 3.44. The molecule has 4 nitrogen and oxygen atoms in total. The number of nitrogens with two attached hydrogens (primary N) is 1. The van der Waals surface area contributed by atoms with Crippen molar-refractivity contribution < 1.29 is 4.74 Å². The molecule has 0 atom stereocenters. The number of anilines is 3. The number of methoxy groups -OCH3 is 1. The van der Waals surface area contributed by atoms with Crippen LogP contribution in [-0.4, -0.2) is 12.1 Å². The maximum atomic E-state index is 5.61. The van der Waals surface area contributed by atoms with Crippen molar-refractivity contribution in [3.05, 3.63) is 41.0 Å². The van der Waals surface area contributed by atoms with Gasteiger partial charge in [-0.2, -0.15) is 0 Å². The van der Waals surface area contributed by atoms with E-state index in [1.54, 1.807) is 19.4 Å². The van der Waals surface area contributed by atoms with E-state index in [-0.39, 0.29) is 0 Å². The van der Waals surface area contributed by atoms with Gasteiger partial charge >= 0.3 is 0 Å². The van der Waals surface area contributed by atoms with Gasteiger partial charge in [-0.05, 0) is 34.1 Å². The van der Waals surface area contributed by atoms with Crippen molar-refractivity contribution in [3.8, 4) is 5.75 Å². The molecular formula is C12H12BrN3O. The van der Waals surface area contributed by atoms with Crippen molar-refractivity contribution in [2.75, 3.05) is 18.2 Å². The summed E-state index contributed by atoms with van der Waals surface area (Å²) >= 11 is 3.40. The number of halogens is 1. The van der Waals surface area contributed by atoms with Gasteiger partial charge in [-0.1, -0.05) is 0 Å². The quantitative estimate of drug-likeness (QED) is 0.912. The van der Waals surface area contributed by atoms with Gasteiger partial charge < -0.3 is 15.8 Å². The van der Waals surface area contributed by atoms with Gasteiger partial charge in [0.2, 0.25) is 0 Å². The summed E-state index contributed by atoms with van der Waals surface area (Å²) in [5.41, 5.74) is 7.43. The number of ether oxygens (including phenoxy) is 1. The maximum absolute atomic E-state index is 5.61. The molecule has 0 spiro atoms. The number of rotatable bonds is 3. The van der Waals surface area contributed by atoms with Crippen molar-refractivity contribution in [1.82, 2.24) is 4.98 Å². The number of pyridine rings is 1. The molecule has 17 heavy (non-hydrogen) atoms. The lowest BCUT2D eigenvalue weighted by Crippen LogP contribution is -1.95. The first-order valence-corrected chi connectivity index (χ1v) is 5.80. The maximum Gasteiger partial charge on any atom is 0.135 e. The second kappa shape index (κ2) is 5.05. The average Bonchev–Trinajstić information content (AvgIpc) is 2.32. The van der Waals surface area contributed by atoms with Crippen molar-refractivity contribution in [2.45, 2.75) is 0 Å². The standard InChI is InChI=1S/C12H12BrN3O/c1-17-11-6-8(2-3-10(11)13)16-9-4-5-15-12(14)7-9/h2-7H,1H3,(H3,14,15,16). The highest BCUT2D eigenvalue weighted by atomic mass is 79.9. The van der Waals surface area contributed by atoms with E-state index in [9.17, 15) is 0 Å². The largest absolute Gasteiger partial charge is 0.495 e. The number of hydrogen-bond donors (Lipinski definition) is 2. The van der Waals surface area contributed by atoms with Crippen LogP contribution in [0.3, 0.4) is 0 Å². The summed E-state index contributed by atoms with van der Waals surface area (Å²) in [5.74, 6) is 1.26. The fourth-order valence-corrected chi connectivity index (χ4v) is 1.84. The average molecular weight is 294 g/mol. The molecule has 1 heterocycles. The molecule has 0 aliphatic heterocycles. The van der Waals surface area contributed by atoms with Crippen LogP contribution in [0.1, 0.15) is 0 Å². The van der Waals surface area contributed by atoms with E-state index in [2.05, 4.69) is 26.2 Å². The van der Waals surface area contributed by atoms with Gasteiger partial charge in [0.25, 0.3) is 0 Å². The number of hydrogen-bond acceptors (Lipinski definition) is 4. The zero-order chi connectivity index (χ0) is 12.3. The normalized spacial score (nSPS) is 10.0. The molecule has 0 fully saturated rings. The minimum Gasteiger partial charge on any atom is -0.495 e. The molecule has 2 rings (SSSR count). The zero-order valence-corrected chi connectivity index (χ0v) is 10.9. The minimum absolute atomic E-state index is 0.485. The molecule has 0 amide bonds. The van der Waals surface area contributed by atoms with Crippen LogP contribution < -0.4 is 15.8 Å². The van der Waals surface area contributed by atoms with Crippen molar-refractivity contribution in [1.29, 1.82) is 0 Å². The predicted molar refractivity (Wildman–Crippen MR) is 72.6 cm³/mol. The third-order valence-corrected chi connectivity index (χ3v) is 2.88. The van der Waals surface area contributed by atoms with Crippen LogP contribution in [0.25, 0.3) is 0 Å². The summed E-state index contributed by atoms with van der Waals surface area (Å²) in [4.78, 5) is 3.93. The third kappa shape index (κ3) is 2.88. The fourth-order valence-electron chi connectivity index (χ4n) is 1.43. The third-order valence-electron chi connectivity index (χ3n) is 2.22. The highest BCUT2D eigenvalue weighted by molar-refractivity contribution is 9.10. The molecule has 88 valence electrons. The molecule has 3 N–H and O–H groups in total. The molecule has 0 bridgehead atoms. The van der Waals surface area contributed by atoms with Gasteiger partial charge in [0, 0.05) is 29.7 Å². The lowest BCUT2D eigenvalue weighted by molar-refractivity contribution is 0.412. The van der Waals surface area contributed by atoms with Crippen LogP contribution in [0.4, 0.5) is 17.2 Å². The van der Waals surface area contributed by atoms with Crippen LogP contribution in [0.5, 0.6) is 5.75 Å². The summed E-state index contributed by atoms with van der Waals surface area (Å²) in [6.07, 6.45) is 1.66. The number of benzene rings is 1. The molecule has 0 saturated carbocycles. The van der Waals surface area contributed by atoms with Gasteiger partial charge in [-0.25, -0.2) is 4.98 Å². The van der Waals surface area contributed by atoms with Gasteiger partial charge in [0.1, 0.15) is 11.6 Å². The summed E-state index contributed by atoms with van der Waals surface area (Å²) < 4.78 is 6.14. The number of nitrogens with one attached hydrogen (secondary N) is 1. The number of nitrogen functional groups attached to an aromatic ring is 1. The molecular weight excluding hydrogens is 282 g/mol. The predicted octanol–water partition coefficient (Wildman–Crippen LogP) is 3.18. The van der Waals surface area contributed by atoms with Gasteiger partial charge in [0.15, 0.2) is 0 Å². The van der Waals surface area contributed by atoms with Crippen molar-refractivity contribution in [2.24, 2.45) is 0 Å². The topological polar surface area (TPSA) is 60.2 Å². The first-order chi connectivity index (χ1) is 8.19. The van der Waals surface area contributed by atoms with Gasteiger partial charge in [-0.15, -0.1) is 0 Å². The second-order valence-corrected chi connectivity index (χ2v) is 4.30. The SMILES string of the molecule is COc1cc(Nc2ccnc(N)c2)ccc1Br. The molecule has 5 heteroatoms. The monoisotopic (exact) mass is 293 g/mol. The Hall–Kier alpha value is -1.75. The molecule has 0 saturated heterocycles. The van der Waals surface area contributed by atoms with Crippen molar-refractivity contribution in [3.63, 3.8) is 0 Å². The van der Waals surface area contributed by atoms with E-state index < -0.39 is 0 Å². The Kier molecular flexibility index (Phi) is 3.49. The number of aromatic nitrogens is 1. The first kappa shape index (κ1) is 11.7. The van der Waals surface area contributed by atoms with Gasteiger partial charge in [0.05, 0.1) is 11.6 Å². The Morgan fingerprint density at radius 1 is 1.24 bits per heavy atom. The van der Waals surface area contributed by atoms with E-state index >= 15 is 0 Å². The van der Waals surface area contributed by atoms with Crippen LogP contribution >= 0.6 is 15.9 Å². The minimum atomic E-state index is 0.485. The fraction of sp³-hybridized carbons (Fsp3) is 0.0833. The zero-order valence-electron chi connectivity index (χ0n) is 9.27. The highest BCUT2D eigenvalue weighted by Gasteiger charge is 2.02. The van der Waals surface area contributed by atoms with E-state index in [1.807, 2.05) is 24.3 Å². The molecule has 0 radical (unpaired) electrons. The Labute approximate surface area is 108 Å². The van der Waals surface area contributed by atoms with Crippen LogP contribution in [-0.2, 0) is 0 Å². The van der Waals surface area contributed by atoms with E-state index in [0.717, 1.165) is 21.6 Å². The Balaban J connectivity index is 2.24. The molecule has 1 aromatic heterocycles. The summed E-state index contributed by atoms with van der Waals surface area (Å²) in [6, 6.07) is 9.40. The van der Waals surface area contributed by atoms with Gasteiger partial charge in [-0.3, -0.25) is 0 Å². The molecule has 1 aromatic carbocycles. The van der Waals surface area contributed by atoms with E-state index in [1.165, 1.54) is 0 Å². The van der Waals surface area contributed by atoms with E-state index in [0.29, 0.717) is 5.82 Å². The molecule has 0 unspecified atom stereocenters. The Bertz CT molecular complexity index is 531. The summed E-state index contributed by atoms with van der Waals surface area (Å²) in [5, 5.41) is 3.23.